The highest BCUT2D eigenvalue weighted by Gasteiger charge is 2.38. The first-order chi connectivity index (χ1) is 13.9. The van der Waals surface area contributed by atoms with E-state index in [-0.39, 0.29) is 5.91 Å². The van der Waals surface area contributed by atoms with Crippen molar-refractivity contribution in [1.29, 1.82) is 0 Å². The molecule has 29 heavy (non-hydrogen) atoms. The van der Waals surface area contributed by atoms with E-state index in [9.17, 15) is 24.6 Å². The fourth-order valence-corrected chi connectivity index (χ4v) is 4.66. The topological polar surface area (TPSA) is 133 Å². The highest BCUT2D eigenvalue weighted by molar-refractivity contribution is 5.88. The third-order valence-electron chi connectivity index (χ3n) is 6.35. The summed E-state index contributed by atoms with van der Waals surface area (Å²) < 4.78 is 0. The Morgan fingerprint density at radius 2 is 1.69 bits per heavy atom. The third-order valence-corrected chi connectivity index (χ3v) is 6.35. The molecule has 166 valence electrons. The lowest BCUT2D eigenvalue weighted by Gasteiger charge is -2.30. The van der Waals surface area contributed by atoms with Crippen LogP contribution in [0.1, 0.15) is 77.0 Å². The normalized spacial score (nSPS) is 22.4. The number of carboxylic acid groups (broad SMARTS) is 2. The van der Waals surface area contributed by atoms with Crippen LogP contribution in [0.15, 0.2) is 0 Å². The molecular weight excluding hydrogens is 374 g/mol. The second kappa shape index (κ2) is 12.1. The number of hydrogen-bond donors (Lipinski definition) is 4. The standard InChI is InChI=1S/C21H37N3O5/c22-13-5-4-9-16(19(25)24-14-6-10-18(24)21(28)29)23-17(20(26)27)12-11-15-7-2-1-3-8-15/h15-18,23H,1-14,22H2,(H,26,27)(H,28,29)/t16-,17-,18-/m1/s1. The molecular formula is C21H37N3O5. The molecule has 0 unspecified atom stereocenters. The van der Waals surface area contributed by atoms with Gasteiger partial charge in [-0.2, -0.15) is 0 Å². The molecule has 1 amide bonds. The van der Waals surface area contributed by atoms with Crippen LogP contribution < -0.4 is 11.1 Å². The van der Waals surface area contributed by atoms with Gasteiger partial charge in [0.1, 0.15) is 12.1 Å². The number of carbonyl (C=O) groups is 3. The summed E-state index contributed by atoms with van der Waals surface area (Å²) in [5.41, 5.74) is 5.57. The number of carbonyl (C=O) groups excluding carboxylic acids is 1. The van der Waals surface area contributed by atoms with E-state index in [1.165, 1.54) is 24.2 Å². The highest BCUT2D eigenvalue weighted by Crippen LogP contribution is 2.28. The molecule has 0 aromatic carbocycles. The van der Waals surface area contributed by atoms with Gasteiger partial charge in [0.25, 0.3) is 0 Å². The van der Waals surface area contributed by atoms with Crippen molar-refractivity contribution in [1.82, 2.24) is 10.2 Å². The number of unbranched alkanes of at least 4 members (excludes halogenated alkanes) is 1. The summed E-state index contributed by atoms with van der Waals surface area (Å²) in [6.07, 6.45) is 10.3. The second-order valence-electron chi connectivity index (χ2n) is 8.50. The van der Waals surface area contributed by atoms with Crippen molar-refractivity contribution in [3.8, 4) is 0 Å². The number of aliphatic carboxylic acids is 2. The van der Waals surface area contributed by atoms with Gasteiger partial charge in [0.15, 0.2) is 0 Å². The van der Waals surface area contributed by atoms with Crippen LogP contribution in [0.2, 0.25) is 0 Å². The Morgan fingerprint density at radius 3 is 2.31 bits per heavy atom. The van der Waals surface area contributed by atoms with Gasteiger partial charge in [-0.1, -0.05) is 38.5 Å². The summed E-state index contributed by atoms with van der Waals surface area (Å²) in [4.78, 5) is 37.8. The van der Waals surface area contributed by atoms with Crippen LogP contribution in [0, 0.1) is 5.92 Å². The number of carboxylic acids is 2. The van der Waals surface area contributed by atoms with Gasteiger partial charge in [-0.15, -0.1) is 0 Å². The SMILES string of the molecule is NCCCC[C@@H](N[C@H](CCC1CCCCC1)C(=O)O)C(=O)N1CCC[C@@H]1C(=O)O. The first-order valence-electron chi connectivity index (χ1n) is 11.2. The van der Waals surface area contributed by atoms with Crippen molar-refractivity contribution in [3.63, 3.8) is 0 Å². The van der Waals surface area contributed by atoms with E-state index >= 15 is 0 Å². The molecule has 0 spiro atoms. The monoisotopic (exact) mass is 411 g/mol. The Hall–Kier alpha value is -1.67. The number of likely N-dealkylation sites (tertiary alicyclic amines) is 1. The van der Waals surface area contributed by atoms with Gasteiger partial charge in [-0.05, 0) is 51.0 Å². The molecule has 0 bridgehead atoms. The van der Waals surface area contributed by atoms with Gasteiger partial charge in [-0.3, -0.25) is 14.9 Å². The second-order valence-corrected chi connectivity index (χ2v) is 8.50. The summed E-state index contributed by atoms with van der Waals surface area (Å²) in [6, 6.07) is -2.30. The fourth-order valence-electron chi connectivity index (χ4n) is 4.66. The maximum atomic E-state index is 13.1. The minimum atomic E-state index is -0.997. The Kier molecular flexibility index (Phi) is 9.87. The molecule has 2 fully saturated rings. The molecule has 1 aliphatic heterocycles. The minimum absolute atomic E-state index is 0.296. The summed E-state index contributed by atoms with van der Waals surface area (Å²) >= 11 is 0. The molecule has 1 heterocycles. The van der Waals surface area contributed by atoms with E-state index in [4.69, 9.17) is 5.73 Å². The van der Waals surface area contributed by atoms with Crippen molar-refractivity contribution in [2.45, 2.75) is 95.2 Å². The van der Waals surface area contributed by atoms with E-state index in [2.05, 4.69) is 5.32 Å². The predicted molar refractivity (Wildman–Crippen MR) is 109 cm³/mol. The van der Waals surface area contributed by atoms with Crippen molar-refractivity contribution in [2.75, 3.05) is 13.1 Å². The molecule has 8 heteroatoms. The maximum Gasteiger partial charge on any atom is 0.326 e. The maximum absolute atomic E-state index is 13.1. The highest BCUT2D eigenvalue weighted by atomic mass is 16.4. The largest absolute Gasteiger partial charge is 0.480 e. The van der Waals surface area contributed by atoms with Crippen molar-refractivity contribution < 1.29 is 24.6 Å². The van der Waals surface area contributed by atoms with Gasteiger partial charge in [0.05, 0.1) is 6.04 Å². The van der Waals surface area contributed by atoms with Crippen molar-refractivity contribution in [2.24, 2.45) is 11.7 Å². The van der Waals surface area contributed by atoms with Gasteiger partial charge in [-0.25, -0.2) is 4.79 Å². The molecule has 0 aromatic rings. The van der Waals surface area contributed by atoms with E-state index < -0.39 is 30.1 Å². The molecule has 1 saturated carbocycles. The zero-order valence-corrected chi connectivity index (χ0v) is 17.4. The van der Waals surface area contributed by atoms with Crippen molar-refractivity contribution >= 4 is 17.8 Å². The number of hydrogen-bond acceptors (Lipinski definition) is 5. The fraction of sp³-hybridized carbons (Fsp3) is 0.857. The van der Waals surface area contributed by atoms with Gasteiger partial charge in [0.2, 0.25) is 5.91 Å². The predicted octanol–water partition coefficient (Wildman–Crippen LogP) is 1.96. The van der Waals surface area contributed by atoms with E-state index in [1.54, 1.807) is 0 Å². The van der Waals surface area contributed by atoms with Gasteiger partial charge in [0, 0.05) is 6.54 Å². The van der Waals surface area contributed by atoms with Crippen LogP contribution in [0.3, 0.4) is 0 Å². The molecule has 5 N–H and O–H groups in total. The zero-order valence-electron chi connectivity index (χ0n) is 17.4. The first kappa shape index (κ1) is 23.6. The number of nitrogens with two attached hydrogens (primary N) is 1. The summed E-state index contributed by atoms with van der Waals surface area (Å²) in [5.74, 6) is -1.68. The number of nitrogens with zero attached hydrogens (tertiary/aromatic N) is 1. The Bertz CT molecular complexity index is 550. The van der Waals surface area contributed by atoms with E-state index in [1.807, 2.05) is 0 Å². The molecule has 2 aliphatic rings. The third kappa shape index (κ3) is 7.26. The molecule has 1 saturated heterocycles. The summed E-state index contributed by atoms with van der Waals surface area (Å²) in [6.45, 7) is 0.914. The van der Waals surface area contributed by atoms with Gasteiger partial charge >= 0.3 is 11.9 Å². The van der Waals surface area contributed by atoms with Crippen LogP contribution in [-0.2, 0) is 14.4 Å². The molecule has 8 nitrogen and oxygen atoms in total. The van der Waals surface area contributed by atoms with Crippen LogP contribution in [-0.4, -0.2) is 64.2 Å². The number of nitrogens with one attached hydrogen (secondary N) is 1. The van der Waals surface area contributed by atoms with Crippen LogP contribution >= 0.6 is 0 Å². The van der Waals surface area contributed by atoms with Crippen LogP contribution in [0.5, 0.6) is 0 Å². The molecule has 0 radical (unpaired) electrons. The van der Waals surface area contributed by atoms with E-state index in [0.717, 1.165) is 25.7 Å². The Morgan fingerprint density at radius 1 is 0.966 bits per heavy atom. The van der Waals surface area contributed by atoms with Crippen LogP contribution in [0.4, 0.5) is 0 Å². The number of amides is 1. The van der Waals surface area contributed by atoms with Gasteiger partial charge < -0.3 is 20.8 Å². The Labute approximate surface area is 173 Å². The lowest BCUT2D eigenvalue weighted by Crippen LogP contribution is -2.54. The molecule has 1 aliphatic carbocycles. The molecule has 0 aromatic heterocycles. The quantitative estimate of drug-likeness (QED) is 0.361. The average Bonchev–Trinajstić information content (AvgIpc) is 3.20. The van der Waals surface area contributed by atoms with E-state index in [0.29, 0.717) is 51.1 Å². The zero-order chi connectivity index (χ0) is 21.2. The first-order valence-corrected chi connectivity index (χ1v) is 11.2. The minimum Gasteiger partial charge on any atom is -0.480 e. The van der Waals surface area contributed by atoms with Crippen LogP contribution in [0.25, 0.3) is 0 Å². The summed E-state index contributed by atoms with van der Waals surface area (Å²) in [7, 11) is 0. The summed E-state index contributed by atoms with van der Waals surface area (Å²) in [5, 5.41) is 22.2. The lowest BCUT2D eigenvalue weighted by molar-refractivity contribution is -0.149. The lowest BCUT2D eigenvalue weighted by atomic mass is 9.85. The average molecular weight is 412 g/mol. The smallest absolute Gasteiger partial charge is 0.326 e. The van der Waals surface area contributed by atoms with Crippen molar-refractivity contribution in [3.05, 3.63) is 0 Å². The Balaban J connectivity index is 2.02. The molecule has 2 rings (SSSR count). The number of rotatable bonds is 12. The molecule has 3 atom stereocenters.